The van der Waals surface area contributed by atoms with Gasteiger partial charge in [-0.2, -0.15) is 0 Å². The van der Waals surface area contributed by atoms with Gasteiger partial charge in [-0.05, 0) is 18.4 Å². The normalized spacial score (nSPS) is 21.4. The first kappa shape index (κ1) is 9.32. The van der Waals surface area contributed by atoms with E-state index in [1.54, 1.807) is 7.11 Å². The van der Waals surface area contributed by atoms with Crippen LogP contribution in [0.5, 0.6) is 0 Å². The lowest BCUT2D eigenvalue weighted by atomic mass is 9.94. The van der Waals surface area contributed by atoms with Crippen LogP contribution in [0.2, 0.25) is 0 Å². The fourth-order valence-electron chi connectivity index (χ4n) is 1.33. The van der Waals surface area contributed by atoms with E-state index >= 15 is 0 Å². The summed E-state index contributed by atoms with van der Waals surface area (Å²) in [6.45, 7) is 1.78. The molecule has 5 heteroatoms. The smallest absolute Gasteiger partial charge is 0.0778 e. The molecule has 0 unspecified atom stereocenters. The molecule has 1 aliphatic rings. The first-order valence-corrected chi connectivity index (χ1v) is 3.97. The second-order valence-corrected chi connectivity index (χ2v) is 2.89. The average molecular weight is 171 g/mol. The molecule has 0 amide bonds. The van der Waals surface area contributed by atoms with E-state index in [9.17, 15) is 0 Å². The van der Waals surface area contributed by atoms with Gasteiger partial charge < -0.3 is 9.47 Å². The van der Waals surface area contributed by atoms with Gasteiger partial charge in [0.25, 0.3) is 0 Å². The SMILES string of the molecule is COC1(CN=[N+]=[N-])CCOCC1. The highest BCUT2D eigenvalue weighted by atomic mass is 16.5. The third-order valence-electron chi connectivity index (χ3n) is 2.26. The minimum Gasteiger partial charge on any atom is -0.381 e. The molecular weight excluding hydrogens is 158 g/mol. The van der Waals surface area contributed by atoms with Gasteiger partial charge in [0.2, 0.25) is 0 Å². The minimum absolute atomic E-state index is 0.273. The van der Waals surface area contributed by atoms with Crippen LogP contribution < -0.4 is 0 Å². The van der Waals surface area contributed by atoms with Crippen molar-refractivity contribution in [3.8, 4) is 0 Å². The zero-order valence-electron chi connectivity index (χ0n) is 7.19. The Hall–Kier alpha value is -0.770. The van der Waals surface area contributed by atoms with Crippen LogP contribution in [0.4, 0.5) is 0 Å². The van der Waals surface area contributed by atoms with Crippen molar-refractivity contribution in [2.24, 2.45) is 5.11 Å². The summed E-state index contributed by atoms with van der Waals surface area (Å²) in [7, 11) is 1.65. The van der Waals surface area contributed by atoms with Gasteiger partial charge in [-0.3, -0.25) is 0 Å². The molecule has 0 bridgehead atoms. The van der Waals surface area contributed by atoms with E-state index in [1.807, 2.05) is 0 Å². The molecule has 0 aliphatic carbocycles. The number of nitrogens with zero attached hydrogens (tertiary/aromatic N) is 3. The number of hydrogen-bond acceptors (Lipinski definition) is 3. The summed E-state index contributed by atoms with van der Waals surface area (Å²) < 4.78 is 10.5. The van der Waals surface area contributed by atoms with E-state index in [4.69, 9.17) is 15.0 Å². The summed E-state index contributed by atoms with van der Waals surface area (Å²) in [4.78, 5) is 2.73. The summed E-state index contributed by atoms with van der Waals surface area (Å²) in [6, 6.07) is 0. The van der Waals surface area contributed by atoms with Gasteiger partial charge >= 0.3 is 0 Å². The Kier molecular flexibility index (Phi) is 3.34. The van der Waals surface area contributed by atoms with Gasteiger partial charge in [0.05, 0.1) is 12.1 Å². The van der Waals surface area contributed by atoms with Crippen LogP contribution in [0, 0.1) is 0 Å². The summed E-state index contributed by atoms with van der Waals surface area (Å²) in [5.41, 5.74) is 7.91. The van der Waals surface area contributed by atoms with Gasteiger partial charge in [-0.25, -0.2) is 0 Å². The first-order chi connectivity index (χ1) is 5.83. The van der Waals surface area contributed by atoms with Crippen LogP contribution >= 0.6 is 0 Å². The van der Waals surface area contributed by atoms with E-state index < -0.39 is 0 Å². The second kappa shape index (κ2) is 4.30. The van der Waals surface area contributed by atoms with Gasteiger partial charge in [-0.15, -0.1) is 0 Å². The van der Waals surface area contributed by atoms with Gasteiger partial charge in [0, 0.05) is 25.2 Å². The molecule has 1 saturated heterocycles. The van der Waals surface area contributed by atoms with E-state index in [-0.39, 0.29) is 5.60 Å². The van der Waals surface area contributed by atoms with Gasteiger partial charge in [0.1, 0.15) is 0 Å². The Bertz CT molecular complexity index is 183. The van der Waals surface area contributed by atoms with Crippen LogP contribution in [-0.4, -0.2) is 32.5 Å². The lowest BCUT2D eigenvalue weighted by Gasteiger charge is -2.34. The van der Waals surface area contributed by atoms with E-state index in [0.29, 0.717) is 19.8 Å². The van der Waals surface area contributed by atoms with E-state index in [1.165, 1.54) is 0 Å². The number of azide groups is 1. The third kappa shape index (κ3) is 2.11. The third-order valence-corrected chi connectivity index (χ3v) is 2.26. The molecule has 12 heavy (non-hydrogen) atoms. The minimum atomic E-state index is -0.273. The number of hydrogen-bond donors (Lipinski definition) is 0. The zero-order valence-corrected chi connectivity index (χ0v) is 7.19. The standard InChI is InChI=1S/C7H13N3O2/c1-11-7(6-9-10-8)2-4-12-5-3-7/h2-6H2,1H3. The van der Waals surface area contributed by atoms with Gasteiger partial charge in [-0.1, -0.05) is 5.11 Å². The molecule has 1 aliphatic heterocycles. The quantitative estimate of drug-likeness (QED) is 0.367. The highest BCUT2D eigenvalue weighted by molar-refractivity contribution is 4.85. The average Bonchev–Trinajstić information content (AvgIpc) is 2.16. The molecule has 1 fully saturated rings. The first-order valence-electron chi connectivity index (χ1n) is 3.97. The molecule has 0 aromatic rings. The topological polar surface area (TPSA) is 67.2 Å². The highest BCUT2D eigenvalue weighted by Gasteiger charge is 2.31. The van der Waals surface area contributed by atoms with E-state index in [2.05, 4.69) is 10.0 Å². The molecule has 0 saturated carbocycles. The Morgan fingerprint density at radius 1 is 1.58 bits per heavy atom. The molecule has 0 atom stereocenters. The van der Waals surface area contributed by atoms with Crippen molar-refractivity contribution in [2.45, 2.75) is 18.4 Å². The highest BCUT2D eigenvalue weighted by Crippen LogP contribution is 2.24. The molecular formula is C7H13N3O2. The largest absolute Gasteiger partial charge is 0.381 e. The van der Waals surface area contributed by atoms with E-state index in [0.717, 1.165) is 12.8 Å². The Morgan fingerprint density at radius 3 is 2.75 bits per heavy atom. The monoisotopic (exact) mass is 171 g/mol. The van der Waals surface area contributed by atoms with Crippen molar-refractivity contribution in [2.75, 3.05) is 26.9 Å². The number of rotatable bonds is 3. The zero-order chi connectivity index (χ0) is 8.86. The maximum atomic E-state index is 8.18. The van der Waals surface area contributed by atoms with Crippen molar-refractivity contribution in [1.29, 1.82) is 0 Å². The Balaban J connectivity index is 2.53. The van der Waals surface area contributed by atoms with Crippen molar-refractivity contribution < 1.29 is 9.47 Å². The molecule has 0 spiro atoms. The summed E-state index contributed by atoms with van der Waals surface area (Å²) in [6.07, 6.45) is 1.62. The predicted molar refractivity (Wildman–Crippen MR) is 43.8 cm³/mol. The van der Waals surface area contributed by atoms with Crippen LogP contribution in [0.15, 0.2) is 5.11 Å². The number of methoxy groups -OCH3 is 1. The van der Waals surface area contributed by atoms with Crippen molar-refractivity contribution in [1.82, 2.24) is 0 Å². The molecule has 0 radical (unpaired) electrons. The summed E-state index contributed by atoms with van der Waals surface area (Å²) >= 11 is 0. The van der Waals surface area contributed by atoms with Crippen LogP contribution in [-0.2, 0) is 9.47 Å². The molecule has 0 N–H and O–H groups in total. The predicted octanol–water partition coefficient (Wildman–Crippen LogP) is 1.49. The molecule has 1 rings (SSSR count). The molecule has 0 aromatic heterocycles. The summed E-state index contributed by atoms with van der Waals surface area (Å²) in [5.74, 6) is 0. The molecule has 68 valence electrons. The Labute approximate surface area is 71.3 Å². The molecule has 0 aromatic carbocycles. The van der Waals surface area contributed by atoms with Crippen molar-refractivity contribution in [3.63, 3.8) is 0 Å². The maximum absolute atomic E-state index is 8.18. The molecule has 5 nitrogen and oxygen atoms in total. The van der Waals surface area contributed by atoms with Crippen molar-refractivity contribution >= 4 is 0 Å². The second-order valence-electron chi connectivity index (χ2n) is 2.89. The summed E-state index contributed by atoms with van der Waals surface area (Å²) in [5, 5.41) is 3.54. The van der Waals surface area contributed by atoms with Crippen molar-refractivity contribution in [3.05, 3.63) is 10.4 Å². The fraction of sp³-hybridized carbons (Fsp3) is 1.00. The fourth-order valence-corrected chi connectivity index (χ4v) is 1.33. The van der Waals surface area contributed by atoms with Crippen LogP contribution in [0.1, 0.15) is 12.8 Å². The van der Waals surface area contributed by atoms with Crippen LogP contribution in [0.25, 0.3) is 10.4 Å². The van der Waals surface area contributed by atoms with Gasteiger partial charge in [0.15, 0.2) is 0 Å². The maximum Gasteiger partial charge on any atom is 0.0778 e. The Morgan fingerprint density at radius 2 is 2.25 bits per heavy atom. The van der Waals surface area contributed by atoms with Crippen LogP contribution in [0.3, 0.4) is 0 Å². The lowest BCUT2D eigenvalue weighted by molar-refractivity contribution is -0.0830. The molecule has 1 heterocycles. The number of ether oxygens (including phenoxy) is 2. The lowest BCUT2D eigenvalue weighted by Crippen LogP contribution is -2.40.